The van der Waals surface area contributed by atoms with E-state index in [1.165, 1.54) is 6.42 Å². The van der Waals surface area contributed by atoms with Gasteiger partial charge in [-0.2, -0.15) is 0 Å². The predicted octanol–water partition coefficient (Wildman–Crippen LogP) is 2.83. The molecule has 2 N–H and O–H groups in total. The van der Waals surface area contributed by atoms with Gasteiger partial charge in [-0.15, -0.1) is 0 Å². The lowest BCUT2D eigenvalue weighted by Crippen LogP contribution is -2.43. The lowest BCUT2D eigenvalue weighted by atomic mass is 9.75. The van der Waals surface area contributed by atoms with Gasteiger partial charge in [0.25, 0.3) is 0 Å². The largest absolute Gasteiger partial charge is 0.481 e. The molecule has 0 aliphatic heterocycles. The Kier molecular flexibility index (Phi) is 6.45. The lowest BCUT2D eigenvalue weighted by molar-refractivity contribution is -0.142. The average molecular weight is 325 g/mol. The topological polar surface area (TPSA) is 75.6 Å². The third-order valence-corrected chi connectivity index (χ3v) is 5.57. The number of carboxylic acid groups (broad SMARTS) is 1. The van der Waals surface area contributed by atoms with Crippen molar-refractivity contribution in [3.63, 3.8) is 0 Å². The molecule has 5 atom stereocenters. The summed E-state index contributed by atoms with van der Waals surface area (Å²) < 4.78 is 5.94. The van der Waals surface area contributed by atoms with E-state index in [0.717, 1.165) is 25.7 Å². The quantitative estimate of drug-likeness (QED) is 0.787. The maximum absolute atomic E-state index is 12.1. The normalized spacial score (nSPS) is 34.5. The van der Waals surface area contributed by atoms with Gasteiger partial charge in [-0.25, -0.2) is 0 Å². The molecule has 3 unspecified atom stereocenters. The molecule has 1 amide bonds. The molecule has 0 aromatic rings. The van der Waals surface area contributed by atoms with Crippen LogP contribution in [0.5, 0.6) is 0 Å². The van der Waals surface area contributed by atoms with Gasteiger partial charge < -0.3 is 15.2 Å². The van der Waals surface area contributed by atoms with Crippen LogP contribution in [0, 0.1) is 23.7 Å². The standard InChI is InChI=1S/C18H31NO4/c1-11(2)13-8-7-12(3)9-16(13)23-10-17(20)19-15-6-4-5-14(15)18(21)22/h11-16H,4-10H2,1-3H3,(H,19,20)(H,21,22)/t12?,13?,14-,15+,16?/m0/s1. The van der Waals surface area contributed by atoms with Crippen LogP contribution in [0.1, 0.15) is 59.3 Å². The fourth-order valence-electron chi connectivity index (χ4n) is 4.17. The molecule has 0 aromatic heterocycles. The summed E-state index contributed by atoms with van der Waals surface area (Å²) in [5.74, 6) is 0.277. The summed E-state index contributed by atoms with van der Waals surface area (Å²) in [5.41, 5.74) is 0. The van der Waals surface area contributed by atoms with Crippen molar-refractivity contribution in [3.05, 3.63) is 0 Å². The zero-order valence-electron chi connectivity index (χ0n) is 14.6. The molecule has 0 bridgehead atoms. The van der Waals surface area contributed by atoms with Crippen molar-refractivity contribution >= 4 is 11.9 Å². The van der Waals surface area contributed by atoms with E-state index in [1.807, 2.05) is 0 Å². The molecular formula is C18H31NO4. The molecule has 2 aliphatic rings. The number of amides is 1. The third kappa shape index (κ3) is 4.93. The van der Waals surface area contributed by atoms with Gasteiger partial charge in [0.15, 0.2) is 0 Å². The summed E-state index contributed by atoms with van der Waals surface area (Å²) in [4.78, 5) is 23.3. The fraction of sp³-hybridized carbons (Fsp3) is 0.889. The Labute approximate surface area is 139 Å². The third-order valence-electron chi connectivity index (χ3n) is 5.57. The summed E-state index contributed by atoms with van der Waals surface area (Å²) in [6.45, 7) is 6.71. The molecule has 5 nitrogen and oxygen atoms in total. The maximum Gasteiger partial charge on any atom is 0.308 e. The van der Waals surface area contributed by atoms with E-state index in [-0.39, 0.29) is 24.7 Å². The van der Waals surface area contributed by atoms with Crippen LogP contribution >= 0.6 is 0 Å². The molecule has 132 valence electrons. The van der Waals surface area contributed by atoms with Gasteiger partial charge in [0.2, 0.25) is 5.91 Å². The molecule has 2 fully saturated rings. The number of aliphatic carboxylic acids is 1. The summed E-state index contributed by atoms with van der Waals surface area (Å²) >= 11 is 0. The monoisotopic (exact) mass is 325 g/mol. The number of hydrogen-bond acceptors (Lipinski definition) is 3. The van der Waals surface area contributed by atoms with E-state index < -0.39 is 11.9 Å². The number of carboxylic acids is 1. The minimum Gasteiger partial charge on any atom is -0.481 e. The number of carbonyl (C=O) groups is 2. The van der Waals surface area contributed by atoms with E-state index in [0.29, 0.717) is 24.2 Å². The summed E-state index contributed by atoms with van der Waals surface area (Å²) in [7, 11) is 0. The maximum atomic E-state index is 12.1. The van der Waals surface area contributed by atoms with Gasteiger partial charge in [-0.05, 0) is 43.4 Å². The molecule has 0 radical (unpaired) electrons. The second-order valence-corrected chi connectivity index (χ2v) is 7.73. The Morgan fingerprint density at radius 1 is 1.22 bits per heavy atom. The Morgan fingerprint density at radius 3 is 2.61 bits per heavy atom. The summed E-state index contributed by atoms with van der Waals surface area (Å²) in [6, 6.07) is -0.241. The van der Waals surface area contributed by atoms with Crippen molar-refractivity contribution < 1.29 is 19.4 Å². The van der Waals surface area contributed by atoms with Gasteiger partial charge in [0, 0.05) is 6.04 Å². The summed E-state index contributed by atoms with van der Waals surface area (Å²) in [5, 5.41) is 12.0. The fourth-order valence-corrected chi connectivity index (χ4v) is 4.17. The predicted molar refractivity (Wildman–Crippen MR) is 88.0 cm³/mol. The van der Waals surface area contributed by atoms with E-state index >= 15 is 0 Å². The highest BCUT2D eigenvalue weighted by atomic mass is 16.5. The van der Waals surface area contributed by atoms with Gasteiger partial charge in [-0.3, -0.25) is 9.59 Å². The van der Waals surface area contributed by atoms with Crippen LogP contribution < -0.4 is 5.32 Å². The van der Waals surface area contributed by atoms with E-state index in [9.17, 15) is 14.7 Å². The minimum atomic E-state index is -0.810. The first kappa shape index (κ1) is 18.2. The van der Waals surface area contributed by atoms with E-state index in [1.54, 1.807) is 0 Å². The summed E-state index contributed by atoms with van der Waals surface area (Å²) in [6.07, 6.45) is 5.80. The zero-order valence-corrected chi connectivity index (χ0v) is 14.6. The molecule has 2 rings (SSSR count). The molecule has 0 spiro atoms. The van der Waals surface area contributed by atoms with Crippen LogP contribution in [0.2, 0.25) is 0 Å². The number of carbonyl (C=O) groups excluding carboxylic acids is 1. The highest BCUT2D eigenvalue weighted by Gasteiger charge is 2.35. The van der Waals surface area contributed by atoms with Crippen LogP contribution in [0.3, 0.4) is 0 Å². The zero-order chi connectivity index (χ0) is 17.0. The molecule has 0 aromatic carbocycles. The molecule has 5 heteroatoms. The number of ether oxygens (including phenoxy) is 1. The molecular weight excluding hydrogens is 294 g/mol. The molecule has 0 heterocycles. The Bertz CT molecular complexity index is 423. The van der Waals surface area contributed by atoms with Crippen LogP contribution in [-0.4, -0.2) is 35.7 Å². The van der Waals surface area contributed by atoms with Crippen LogP contribution in [-0.2, 0) is 14.3 Å². The smallest absolute Gasteiger partial charge is 0.308 e. The van der Waals surface area contributed by atoms with Crippen LogP contribution in [0.25, 0.3) is 0 Å². The second-order valence-electron chi connectivity index (χ2n) is 7.73. The first-order valence-corrected chi connectivity index (χ1v) is 9.02. The Morgan fingerprint density at radius 2 is 1.96 bits per heavy atom. The SMILES string of the molecule is CC1CCC(C(C)C)C(OCC(=O)N[C@@H]2CCC[C@@H]2C(=O)O)C1. The van der Waals surface area contributed by atoms with Gasteiger partial charge in [0.1, 0.15) is 6.61 Å². The highest BCUT2D eigenvalue weighted by molar-refractivity contribution is 5.79. The molecule has 0 saturated heterocycles. The first-order chi connectivity index (χ1) is 10.9. The van der Waals surface area contributed by atoms with Crippen molar-refractivity contribution in [2.24, 2.45) is 23.7 Å². The number of hydrogen-bond donors (Lipinski definition) is 2. The van der Waals surface area contributed by atoms with Crippen molar-refractivity contribution in [2.45, 2.75) is 71.4 Å². The molecule has 2 saturated carbocycles. The minimum absolute atomic E-state index is 0.0451. The number of rotatable bonds is 6. The van der Waals surface area contributed by atoms with Crippen molar-refractivity contribution in [1.82, 2.24) is 5.32 Å². The van der Waals surface area contributed by atoms with Gasteiger partial charge in [-0.1, -0.05) is 33.6 Å². The van der Waals surface area contributed by atoms with Crippen molar-refractivity contribution in [2.75, 3.05) is 6.61 Å². The average Bonchev–Trinajstić information content (AvgIpc) is 2.93. The Balaban J connectivity index is 1.81. The Hall–Kier alpha value is -1.10. The van der Waals surface area contributed by atoms with Crippen molar-refractivity contribution in [3.8, 4) is 0 Å². The van der Waals surface area contributed by atoms with E-state index in [4.69, 9.17) is 4.74 Å². The highest BCUT2D eigenvalue weighted by Crippen LogP contribution is 2.35. The van der Waals surface area contributed by atoms with Crippen LogP contribution in [0.4, 0.5) is 0 Å². The van der Waals surface area contributed by atoms with Crippen molar-refractivity contribution in [1.29, 1.82) is 0 Å². The molecule has 2 aliphatic carbocycles. The van der Waals surface area contributed by atoms with Gasteiger partial charge in [0.05, 0.1) is 12.0 Å². The first-order valence-electron chi connectivity index (χ1n) is 9.02. The second kappa shape index (κ2) is 8.13. The molecule has 23 heavy (non-hydrogen) atoms. The number of nitrogens with one attached hydrogen (secondary N) is 1. The lowest BCUT2D eigenvalue weighted by Gasteiger charge is -2.37. The van der Waals surface area contributed by atoms with Crippen LogP contribution in [0.15, 0.2) is 0 Å². The van der Waals surface area contributed by atoms with Gasteiger partial charge >= 0.3 is 5.97 Å². The van der Waals surface area contributed by atoms with E-state index in [2.05, 4.69) is 26.1 Å².